The third kappa shape index (κ3) is 2.36. The van der Waals surface area contributed by atoms with Crippen molar-refractivity contribution in [3.63, 3.8) is 0 Å². The Morgan fingerprint density at radius 3 is 2.88 bits per heavy atom. The van der Waals surface area contributed by atoms with Gasteiger partial charge < -0.3 is 0 Å². The van der Waals surface area contributed by atoms with Gasteiger partial charge in [-0.3, -0.25) is 0 Å². The normalized spacial score (nSPS) is 22.8. The summed E-state index contributed by atoms with van der Waals surface area (Å²) in [5, 5.41) is 9.64. The van der Waals surface area contributed by atoms with Crippen molar-refractivity contribution in [3.05, 3.63) is 35.4 Å². The standard InChI is InChI=1S/C16H21N/c1-2-3-6-11-16(13-17)12-7-9-14-8-4-5-10-15(14)16/h4-5,8,10H,2-3,6-7,9,11-12H2,1H3. The molecular weight excluding hydrogens is 206 g/mol. The van der Waals surface area contributed by atoms with E-state index in [4.69, 9.17) is 0 Å². The van der Waals surface area contributed by atoms with Crippen molar-refractivity contribution < 1.29 is 0 Å². The lowest BCUT2D eigenvalue weighted by molar-refractivity contribution is 0.405. The summed E-state index contributed by atoms with van der Waals surface area (Å²) in [5.41, 5.74) is 2.52. The number of fused-ring (bicyclic) bond motifs is 1. The molecule has 1 aromatic rings. The maximum atomic E-state index is 9.64. The van der Waals surface area contributed by atoms with Crippen LogP contribution in [0.5, 0.6) is 0 Å². The second-order valence-electron chi connectivity index (χ2n) is 5.16. The van der Waals surface area contributed by atoms with E-state index < -0.39 is 0 Å². The number of nitriles is 1. The molecule has 0 bridgehead atoms. The summed E-state index contributed by atoms with van der Waals surface area (Å²) in [7, 11) is 0. The first kappa shape index (κ1) is 12.2. The zero-order valence-corrected chi connectivity index (χ0v) is 10.7. The highest BCUT2D eigenvalue weighted by molar-refractivity contribution is 5.41. The molecule has 0 heterocycles. The SMILES string of the molecule is CCCCCC1(C#N)CCCc2ccccc21. The van der Waals surface area contributed by atoms with Crippen LogP contribution >= 0.6 is 0 Å². The van der Waals surface area contributed by atoms with Gasteiger partial charge in [-0.2, -0.15) is 5.26 Å². The van der Waals surface area contributed by atoms with E-state index in [0.29, 0.717) is 0 Å². The minimum atomic E-state index is -0.190. The molecule has 0 spiro atoms. The Morgan fingerprint density at radius 2 is 2.12 bits per heavy atom. The first-order valence-corrected chi connectivity index (χ1v) is 6.82. The van der Waals surface area contributed by atoms with Crippen LogP contribution in [0.25, 0.3) is 0 Å². The zero-order chi connectivity index (χ0) is 12.1. The lowest BCUT2D eigenvalue weighted by Crippen LogP contribution is -2.29. The Kier molecular flexibility index (Phi) is 3.84. The van der Waals surface area contributed by atoms with Gasteiger partial charge in [0.1, 0.15) is 0 Å². The summed E-state index contributed by atoms with van der Waals surface area (Å²) >= 11 is 0. The third-order valence-corrected chi connectivity index (χ3v) is 4.00. The molecule has 0 aromatic heterocycles. The van der Waals surface area contributed by atoms with E-state index in [1.807, 2.05) is 0 Å². The molecule has 0 saturated heterocycles. The second kappa shape index (κ2) is 5.36. The highest BCUT2D eigenvalue weighted by Gasteiger charge is 2.35. The van der Waals surface area contributed by atoms with Crippen molar-refractivity contribution in [1.82, 2.24) is 0 Å². The van der Waals surface area contributed by atoms with Crippen LogP contribution in [-0.4, -0.2) is 0 Å². The van der Waals surface area contributed by atoms with Crippen LogP contribution in [0.3, 0.4) is 0 Å². The summed E-state index contributed by atoms with van der Waals surface area (Å²) in [5.74, 6) is 0. The van der Waals surface area contributed by atoms with Gasteiger partial charge in [-0.05, 0) is 36.8 Å². The van der Waals surface area contributed by atoms with Gasteiger partial charge in [-0.15, -0.1) is 0 Å². The van der Waals surface area contributed by atoms with Gasteiger partial charge in [0.15, 0.2) is 0 Å². The maximum absolute atomic E-state index is 9.64. The first-order chi connectivity index (χ1) is 8.32. The Bertz CT molecular complexity index is 416. The molecule has 0 amide bonds. The van der Waals surface area contributed by atoms with Gasteiger partial charge in [-0.25, -0.2) is 0 Å². The third-order valence-electron chi connectivity index (χ3n) is 4.00. The molecule has 1 nitrogen and oxygen atoms in total. The van der Waals surface area contributed by atoms with E-state index >= 15 is 0 Å². The van der Waals surface area contributed by atoms with Crippen LogP contribution in [0, 0.1) is 11.3 Å². The fraction of sp³-hybridized carbons (Fsp3) is 0.562. The minimum Gasteiger partial charge on any atom is -0.197 e. The molecule has 0 radical (unpaired) electrons. The van der Waals surface area contributed by atoms with Crippen molar-refractivity contribution in [2.24, 2.45) is 0 Å². The van der Waals surface area contributed by atoms with Crippen LogP contribution in [0.1, 0.15) is 56.6 Å². The molecule has 2 rings (SSSR count). The maximum Gasteiger partial charge on any atom is 0.0825 e. The molecule has 1 unspecified atom stereocenters. The predicted octanol–water partition coefficient (Wildman–Crippen LogP) is 4.36. The van der Waals surface area contributed by atoms with Gasteiger partial charge in [0.2, 0.25) is 0 Å². The smallest absolute Gasteiger partial charge is 0.0825 e. The highest BCUT2D eigenvalue weighted by atomic mass is 14.4. The summed E-state index contributed by atoms with van der Waals surface area (Å²) < 4.78 is 0. The number of hydrogen-bond donors (Lipinski definition) is 0. The minimum absolute atomic E-state index is 0.190. The van der Waals surface area contributed by atoms with Crippen molar-refractivity contribution in [2.45, 2.75) is 57.3 Å². The van der Waals surface area contributed by atoms with Crippen molar-refractivity contribution in [3.8, 4) is 6.07 Å². The quantitative estimate of drug-likeness (QED) is 0.701. The fourth-order valence-electron chi connectivity index (χ4n) is 3.03. The molecule has 17 heavy (non-hydrogen) atoms. The molecule has 1 aromatic carbocycles. The number of rotatable bonds is 4. The fourth-order valence-corrected chi connectivity index (χ4v) is 3.03. The Balaban J connectivity index is 2.27. The number of aryl methyl sites for hydroxylation is 1. The number of nitrogens with zero attached hydrogens (tertiary/aromatic N) is 1. The molecule has 1 atom stereocenters. The van der Waals surface area contributed by atoms with E-state index in [9.17, 15) is 5.26 Å². The van der Waals surface area contributed by atoms with Crippen LogP contribution in [0.4, 0.5) is 0 Å². The number of hydrogen-bond acceptors (Lipinski definition) is 1. The van der Waals surface area contributed by atoms with Gasteiger partial charge in [0.25, 0.3) is 0 Å². The Morgan fingerprint density at radius 1 is 1.29 bits per heavy atom. The Hall–Kier alpha value is -1.29. The first-order valence-electron chi connectivity index (χ1n) is 6.82. The summed E-state index contributed by atoms with van der Waals surface area (Å²) in [6.45, 7) is 2.22. The average Bonchev–Trinajstić information content (AvgIpc) is 2.39. The molecular formula is C16H21N. The van der Waals surface area contributed by atoms with E-state index in [1.54, 1.807) is 0 Å². The largest absolute Gasteiger partial charge is 0.197 e. The van der Waals surface area contributed by atoms with Crippen LogP contribution < -0.4 is 0 Å². The molecule has 0 N–H and O–H groups in total. The number of benzene rings is 1. The monoisotopic (exact) mass is 227 g/mol. The van der Waals surface area contributed by atoms with E-state index in [2.05, 4.69) is 37.3 Å². The van der Waals surface area contributed by atoms with E-state index in [-0.39, 0.29) is 5.41 Å². The van der Waals surface area contributed by atoms with Crippen molar-refractivity contribution in [1.29, 1.82) is 5.26 Å². The van der Waals surface area contributed by atoms with E-state index in [0.717, 1.165) is 25.7 Å². The lowest BCUT2D eigenvalue weighted by atomic mass is 9.68. The summed E-state index contributed by atoms with van der Waals surface area (Å²) in [4.78, 5) is 0. The lowest BCUT2D eigenvalue weighted by Gasteiger charge is -2.33. The van der Waals surface area contributed by atoms with Crippen LogP contribution in [0.15, 0.2) is 24.3 Å². The van der Waals surface area contributed by atoms with Gasteiger partial charge >= 0.3 is 0 Å². The van der Waals surface area contributed by atoms with Crippen LogP contribution in [0.2, 0.25) is 0 Å². The van der Waals surface area contributed by atoms with Crippen molar-refractivity contribution in [2.75, 3.05) is 0 Å². The molecule has 0 aliphatic heterocycles. The molecule has 0 fully saturated rings. The van der Waals surface area contributed by atoms with Gasteiger partial charge in [0.05, 0.1) is 11.5 Å². The van der Waals surface area contributed by atoms with Gasteiger partial charge in [0, 0.05) is 0 Å². The van der Waals surface area contributed by atoms with E-state index in [1.165, 1.54) is 30.4 Å². The summed E-state index contributed by atoms with van der Waals surface area (Å²) in [6.07, 6.45) is 8.04. The highest BCUT2D eigenvalue weighted by Crippen LogP contribution is 2.40. The summed E-state index contributed by atoms with van der Waals surface area (Å²) in [6, 6.07) is 11.2. The molecule has 90 valence electrons. The predicted molar refractivity (Wildman–Crippen MR) is 70.8 cm³/mol. The average molecular weight is 227 g/mol. The zero-order valence-electron chi connectivity index (χ0n) is 10.7. The van der Waals surface area contributed by atoms with Crippen LogP contribution in [-0.2, 0) is 11.8 Å². The molecule has 1 aliphatic carbocycles. The topological polar surface area (TPSA) is 23.8 Å². The second-order valence-corrected chi connectivity index (χ2v) is 5.16. The Labute approximate surface area is 104 Å². The molecule has 1 aliphatic rings. The number of unbranched alkanes of at least 4 members (excludes halogenated alkanes) is 2. The molecule has 1 heteroatoms. The molecule has 0 saturated carbocycles. The van der Waals surface area contributed by atoms with Gasteiger partial charge in [-0.1, -0.05) is 50.5 Å². The van der Waals surface area contributed by atoms with Crippen molar-refractivity contribution >= 4 is 0 Å².